The number of hydrogen-bond donors (Lipinski definition) is 0. The number of alkyl halides is 1. The van der Waals surface area contributed by atoms with Crippen LogP contribution in [0, 0.1) is 0 Å². The van der Waals surface area contributed by atoms with Gasteiger partial charge >= 0.3 is 0 Å². The van der Waals surface area contributed by atoms with E-state index in [0.717, 1.165) is 0 Å². The van der Waals surface area contributed by atoms with E-state index in [0.29, 0.717) is 12.5 Å². The minimum Gasteiger partial charge on any atom is -0.415 e. The van der Waals surface area contributed by atoms with Crippen LogP contribution in [0.1, 0.15) is 0 Å². The van der Waals surface area contributed by atoms with Gasteiger partial charge in [0.2, 0.25) is 0 Å². The van der Waals surface area contributed by atoms with Crippen LogP contribution in [0.15, 0.2) is 12.3 Å². The van der Waals surface area contributed by atoms with Gasteiger partial charge < -0.3 is 4.43 Å². The largest absolute Gasteiger partial charge is 0.415 e. The second-order valence-electron chi connectivity index (χ2n) is 1.50. The van der Waals surface area contributed by atoms with E-state index in [1.54, 1.807) is 0 Å². The van der Waals surface area contributed by atoms with Gasteiger partial charge in [0.25, 0.3) is 0 Å². The lowest BCUT2D eigenvalue weighted by Gasteiger charge is -2.02. The maximum Gasteiger partial charge on any atom is 0.197 e. The summed E-state index contributed by atoms with van der Waals surface area (Å²) in [6.45, 7) is 6.34. The van der Waals surface area contributed by atoms with Crippen molar-refractivity contribution in [1.29, 1.82) is 0 Å². The predicted molar refractivity (Wildman–Crippen MR) is 39.9 cm³/mol. The van der Waals surface area contributed by atoms with Gasteiger partial charge in [0, 0.05) is 12.5 Å². The van der Waals surface area contributed by atoms with Gasteiger partial charge in [-0.2, -0.15) is 0 Å². The number of halogens is 1. The zero-order valence-corrected chi connectivity index (χ0v) is 6.97. The highest BCUT2D eigenvalue weighted by atomic mass is 35.5. The van der Waals surface area contributed by atoms with Crippen LogP contribution in [-0.4, -0.2) is 21.5 Å². The molecule has 0 aromatic heterocycles. The fraction of sp³-hybridized carbons (Fsp3) is 0.600. The average Bonchev–Trinajstić information content (AvgIpc) is 1.83. The highest BCUT2D eigenvalue weighted by Crippen LogP contribution is 1.86. The monoisotopic (exact) mass is 150 g/mol. The Morgan fingerprint density at radius 1 is 1.88 bits per heavy atom. The number of rotatable bonds is 4. The van der Waals surface area contributed by atoms with Crippen molar-refractivity contribution >= 4 is 20.6 Å². The van der Waals surface area contributed by atoms with Crippen molar-refractivity contribution in [2.75, 3.05) is 12.5 Å². The second-order valence-corrected chi connectivity index (χ2v) is 4.09. The molecule has 48 valence electrons. The molecule has 0 aromatic carbocycles. The maximum atomic E-state index is 5.37. The highest BCUT2D eigenvalue weighted by Gasteiger charge is 1.94. The van der Waals surface area contributed by atoms with Crippen molar-refractivity contribution in [3.63, 3.8) is 0 Å². The summed E-state index contributed by atoms with van der Waals surface area (Å²) in [7, 11) is -1.02. The van der Waals surface area contributed by atoms with Crippen LogP contribution in [0.3, 0.4) is 0 Å². The first-order valence-electron chi connectivity index (χ1n) is 2.61. The molecule has 0 saturated heterocycles. The molecule has 0 rings (SSSR count). The molecule has 3 heteroatoms. The van der Waals surface area contributed by atoms with Crippen LogP contribution >= 0.6 is 11.6 Å². The Kier molecular flexibility index (Phi) is 5.48. The van der Waals surface area contributed by atoms with Crippen LogP contribution in [-0.2, 0) is 4.43 Å². The van der Waals surface area contributed by atoms with Gasteiger partial charge in [-0.15, -0.1) is 18.2 Å². The van der Waals surface area contributed by atoms with E-state index < -0.39 is 9.04 Å². The zero-order chi connectivity index (χ0) is 6.41. The molecule has 1 nitrogen and oxygen atoms in total. The molecule has 0 bridgehead atoms. The molecule has 1 atom stereocenters. The molecular weight excluding hydrogens is 140 g/mol. The molecule has 0 radical (unpaired) electrons. The van der Waals surface area contributed by atoms with Crippen molar-refractivity contribution < 1.29 is 4.43 Å². The van der Waals surface area contributed by atoms with Crippen LogP contribution in [0.2, 0.25) is 6.55 Å². The molecule has 8 heavy (non-hydrogen) atoms. The minimum atomic E-state index is -1.02. The van der Waals surface area contributed by atoms with Crippen molar-refractivity contribution in [2.45, 2.75) is 6.55 Å². The van der Waals surface area contributed by atoms with Crippen LogP contribution < -0.4 is 0 Å². The van der Waals surface area contributed by atoms with E-state index in [1.807, 2.05) is 5.70 Å². The molecule has 0 heterocycles. The van der Waals surface area contributed by atoms with Gasteiger partial charge in [0.05, 0.1) is 0 Å². The molecule has 0 fully saturated rings. The van der Waals surface area contributed by atoms with E-state index in [2.05, 4.69) is 13.1 Å². The number of hydrogen-bond acceptors (Lipinski definition) is 1. The SMILES string of the molecule is C=C[SiH](C)OCCCl. The molecule has 0 aliphatic carbocycles. The van der Waals surface area contributed by atoms with E-state index in [1.165, 1.54) is 0 Å². The van der Waals surface area contributed by atoms with Gasteiger partial charge in [-0.05, 0) is 6.55 Å². The Morgan fingerprint density at radius 2 is 2.50 bits per heavy atom. The molecule has 0 N–H and O–H groups in total. The standard InChI is InChI=1S/C5H11ClOSi/c1-3-8(2)7-5-4-6/h3,8H,1,4-5H2,2H3. The summed E-state index contributed by atoms with van der Waals surface area (Å²) < 4.78 is 5.23. The molecule has 0 saturated carbocycles. The Hall–Kier alpha value is 0.207. The van der Waals surface area contributed by atoms with Gasteiger partial charge in [-0.25, -0.2) is 0 Å². The first-order chi connectivity index (χ1) is 3.81. The minimum absolute atomic E-state index is 0.588. The van der Waals surface area contributed by atoms with Crippen LogP contribution in [0.5, 0.6) is 0 Å². The Morgan fingerprint density at radius 3 is 2.88 bits per heavy atom. The Bertz CT molecular complexity index is 67.4. The van der Waals surface area contributed by atoms with Crippen molar-refractivity contribution in [1.82, 2.24) is 0 Å². The molecular formula is C5H11ClOSi. The van der Waals surface area contributed by atoms with Gasteiger partial charge in [-0.1, -0.05) is 5.70 Å². The van der Waals surface area contributed by atoms with Gasteiger partial charge in [0.15, 0.2) is 9.04 Å². The fourth-order valence-electron chi connectivity index (χ4n) is 0.298. The second kappa shape index (κ2) is 5.35. The molecule has 1 unspecified atom stereocenters. The summed E-state index contributed by atoms with van der Waals surface area (Å²) in [5, 5.41) is 0. The third kappa shape index (κ3) is 4.37. The first-order valence-corrected chi connectivity index (χ1v) is 5.44. The fourth-order valence-corrected chi connectivity index (χ4v) is 1.16. The van der Waals surface area contributed by atoms with Crippen molar-refractivity contribution in [2.24, 2.45) is 0 Å². The summed E-state index contributed by atoms with van der Waals surface area (Å²) in [5.41, 5.74) is 1.88. The van der Waals surface area contributed by atoms with E-state index >= 15 is 0 Å². The summed E-state index contributed by atoms with van der Waals surface area (Å²) in [4.78, 5) is 0. The predicted octanol–water partition coefficient (Wildman–Crippen LogP) is 1.32. The third-order valence-corrected chi connectivity index (χ3v) is 2.37. The molecule has 0 amide bonds. The molecule has 0 spiro atoms. The summed E-state index contributed by atoms with van der Waals surface area (Å²) >= 11 is 5.37. The first kappa shape index (κ1) is 8.21. The quantitative estimate of drug-likeness (QED) is 0.434. The average molecular weight is 151 g/mol. The topological polar surface area (TPSA) is 9.23 Å². The Labute approximate surface area is 57.0 Å². The van der Waals surface area contributed by atoms with Gasteiger partial charge in [0.1, 0.15) is 0 Å². The van der Waals surface area contributed by atoms with Gasteiger partial charge in [-0.3, -0.25) is 0 Å². The third-order valence-electron chi connectivity index (χ3n) is 0.790. The van der Waals surface area contributed by atoms with E-state index in [4.69, 9.17) is 16.0 Å². The van der Waals surface area contributed by atoms with E-state index in [-0.39, 0.29) is 0 Å². The molecule has 0 aliphatic rings. The normalized spacial score (nSPS) is 13.2. The lowest BCUT2D eigenvalue weighted by molar-refractivity contribution is 0.356. The Balaban J connectivity index is 2.98. The smallest absolute Gasteiger partial charge is 0.197 e. The maximum absolute atomic E-state index is 5.37. The molecule has 0 aromatic rings. The van der Waals surface area contributed by atoms with Crippen molar-refractivity contribution in [3.05, 3.63) is 12.3 Å². The zero-order valence-electron chi connectivity index (χ0n) is 5.06. The summed E-state index contributed by atoms with van der Waals surface area (Å²) in [5.74, 6) is 0.588. The van der Waals surface area contributed by atoms with Crippen LogP contribution in [0.4, 0.5) is 0 Å². The van der Waals surface area contributed by atoms with Crippen molar-refractivity contribution in [3.8, 4) is 0 Å². The highest BCUT2D eigenvalue weighted by molar-refractivity contribution is 6.55. The lowest BCUT2D eigenvalue weighted by atomic mass is 10.9. The lowest BCUT2D eigenvalue weighted by Crippen LogP contribution is -2.11. The van der Waals surface area contributed by atoms with E-state index in [9.17, 15) is 0 Å². The summed E-state index contributed by atoms with van der Waals surface area (Å²) in [6, 6.07) is 0. The van der Waals surface area contributed by atoms with Crippen LogP contribution in [0.25, 0.3) is 0 Å². The molecule has 0 aliphatic heterocycles. The summed E-state index contributed by atoms with van der Waals surface area (Å²) in [6.07, 6.45) is 0.